The molecule has 4 N–H and O–H groups in total. The van der Waals surface area contributed by atoms with Gasteiger partial charge in [-0.15, -0.1) is 0 Å². The molecule has 0 bridgehead atoms. The molecule has 134 valence electrons. The highest BCUT2D eigenvalue weighted by atomic mass is 16.2. The van der Waals surface area contributed by atoms with Crippen LogP contribution in [0.2, 0.25) is 0 Å². The molecule has 1 heterocycles. The van der Waals surface area contributed by atoms with Gasteiger partial charge in [0, 0.05) is 17.6 Å². The summed E-state index contributed by atoms with van der Waals surface area (Å²) in [5.41, 5.74) is 7.96. The molecule has 1 aromatic carbocycles. The number of imidazole rings is 1. The number of aromatic amines is 1. The van der Waals surface area contributed by atoms with E-state index in [0.29, 0.717) is 18.0 Å². The van der Waals surface area contributed by atoms with Gasteiger partial charge in [-0.3, -0.25) is 9.36 Å². The Labute approximate surface area is 146 Å². The van der Waals surface area contributed by atoms with Crippen LogP contribution in [0, 0.1) is 5.92 Å². The molecule has 0 saturated heterocycles. The highest BCUT2D eigenvalue weighted by Crippen LogP contribution is 2.31. The minimum absolute atomic E-state index is 0.0709. The zero-order valence-corrected chi connectivity index (χ0v) is 14.5. The van der Waals surface area contributed by atoms with Gasteiger partial charge in [-0.2, -0.15) is 0 Å². The van der Waals surface area contributed by atoms with Gasteiger partial charge >= 0.3 is 5.69 Å². The number of carbonyl (C=O) groups excluding carboxylic acids is 1. The molecule has 2 aliphatic carbocycles. The van der Waals surface area contributed by atoms with Crippen molar-refractivity contribution in [2.24, 2.45) is 11.7 Å². The summed E-state index contributed by atoms with van der Waals surface area (Å²) >= 11 is 0. The van der Waals surface area contributed by atoms with E-state index in [-0.39, 0.29) is 23.7 Å². The van der Waals surface area contributed by atoms with Crippen LogP contribution in [0.5, 0.6) is 0 Å². The van der Waals surface area contributed by atoms with Crippen molar-refractivity contribution in [3.05, 3.63) is 34.2 Å². The number of hydrogen-bond donors (Lipinski definition) is 3. The lowest BCUT2D eigenvalue weighted by atomic mass is 10.0. The van der Waals surface area contributed by atoms with Gasteiger partial charge < -0.3 is 16.0 Å². The van der Waals surface area contributed by atoms with E-state index in [1.165, 1.54) is 12.8 Å². The highest BCUT2D eigenvalue weighted by molar-refractivity contribution is 5.97. The summed E-state index contributed by atoms with van der Waals surface area (Å²) in [7, 11) is 0. The van der Waals surface area contributed by atoms with Crippen LogP contribution < -0.4 is 16.7 Å². The summed E-state index contributed by atoms with van der Waals surface area (Å²) in [6.45, 7) is 0.613. The molecule has 0 radical (unpaired) electrons. The number of H-pyrrole nitrogens is 1. The van der Waals surface area contributed by atoms with Crippen LogP contribution >= 0.6 is 0 Å². The number of nitrogens with two attached hydrogens (primary N) is 1. The molecule has 2 atom stereocenters. The maximum Gasteiger partial charge on any atom is 0.326 e. The van der Waals surface area contributed by atoms with Gasteiger partial charge in [0.25, 0.3) is 5.91 Å². The smallest absolute Gasteiger partial charge is 0.326 e. The fourth-order valence-corrected chi connectivity index (χ4v) is 4.56. The fourth-order valence-electron chi connectivity index (χ4n) is 4.56. The molecule has 2 unspecified atom stereocenters. The van der Waals surface area contributed by atoms with Gasteiger partial charge in [0.05, 0.1) is 11.0 Å². The van der Waals surface area contributed by atoms with Gasteiger partial charge in [-0.25, -0.2) is 4.79 Å². The first-order valence-corrected chi connectivity index (χ1v) is 9.42. The number of nitrogens with one attached hydrogen (secondary N) is 2. The maximum atomic E-state index is 12.6. The molecule has 0 aliphatic heterocycles. The minimum atomic E-state index is -0.0817. The predicted molar refractivity (Wildman–Crippen MR) is 97.7 cm³/mol. The van der Waals surface area contributed by atoms with Crippen molar-refractivity contribution in [2.45, 2.75) is 57.0 Å². The SMILES string of the molecule is NCC1CCCC1NC(=O)c1ccc2c(c1)[nH]c(=O)n2C1CCCC1. The van der Waals surface area contributed by atoms with Crippen molar-refractivity contribution in [1.82, 2.24) is 14.9 Å². The molecule has 0 spiro atoms. The Hall–Kier alpha value is -2.08. The average Bonchev–Trinajstić information content (AvgIpc) is 3.32. The zero-order chi connectivity index (χ0) is 17.4. The zero-order valence-electron chi connectivity index (χ0n) is 14.5. The van der Waals surface area contributed by atoms with Gasteiger partial charge in [0.15, 0.2) is 0 Å². The Bertz CT molecular complexity index is 832. The normalized spacial score (nSPS) is 24.2. The Balaban J connectivity index is 1.59. The van der Waals surface area contributed by atoms with Crippen molar-refractivity contribution >= 4 is 16.9 Å². The van der Waals surface area contributed by atoms with Crippen molar-refractivity contribution in [3.8, 4) is 0 Å². The van der Waals surface area contributed by atoms with Crippen LogP contribution in [0.1, 0.15) is 61.3 Å². The summed E-state index contributed by atoms with van der Waals surface area (Å²) < 4.78 is 1.87. The minimum Gasteiger partial charge on any atom is -0.349 e. The molecule has 2 aromatic rings. The molecule has 2 saturated carbocycles. The number of benzene rings is 1. The first-order valence-electron chi connectivity index (χ1n) is 9.42. The van der Waals surface area contributed by atoms with Gasteiger partial charge in [0.1, 0.15) is 0 Å². The van der Waals surface area contributed by atoms with Crippen molar-refractivity contribution in [2.75, 3.05) is 6.54 Å². The molecule has 6 heteroatoms. The number of rotatable bonds is 4. The molecule has 2 fully saturated rings. The lowest BCUT2D eigenvalue weighted by molar-refractivity contribution is 0.0929. The Morgan fingerprint density at radius 3 is 2.76 bits per heavy atom. The van der Waals surface area contributed by atoms with Gasteiger partial charge in [-0.05, 0) is 56.3 Å². The number of aromatic nitrogens is 2. The average molecular weight is 342 g/mol. The lowest BCUT2D eigenvalue weighted by Gasteiger charge is -2.19. The third-order valence-corrected chi connectivity index (χ3v) is 5.95. The molecule has 1 amide bonds. The number of nitrogens with zero attached hydrogens (tertiary/aromatic N) is 1. The Kier molecular flexibility index (Phi) is 4.37. The molecule has 6 nitrogen and oxygen atoms in total. The van der Waals surface area contributed by atoms with E-state index in [4.69, 9.17) is 5.73 Å². The second kappa shape index (κ2) is 6.67. The van der Waals surface area contributed by atoms with Crippen LogP contribution in [-0.4, -0.2) is 28.0 Å². The monoisotopic (exact) mass is 342 g/mol. The van der Waals surface area contributed by atoms with E-state index in [0.717, 1.165) is 43.1 Å². The van der Waals surface area contributed by atoms with Crippen LogP contribution in [0.25, 0.3) is 11.0 Å². The van der Waals surface area contributed by atoms with Crippen LogP contribution in [0.15, 0.2) is 23.0 Å². The quantitative estimate of drug-likeness (QED) is 0.796. The maximum absolute atomic E-state index is 12.6. The van der Waals surface area contributed by atoms with Crippen molar-refractivity contribution < 1.29 is 4.79 Å². The summed E-state index contributed by atoms with van der Waals surface area (Å²) in [5, 5.41) is 3.12. The molecule has 1 aromatic heterocycles. The second-order valence-electron chi connectivity index (χ2n) is 7.48. The molecular formula is C19H26N4O2. The van der Waals surface area contributed by atoms with Crippen LogP contribution in [0.3, 0.4) is 0 Å². The van der Waals surface area contributed by atoms with Gasteiger partial charge in [-0.1, -0.05) is 19.3 Å². The standard InChI is InChI=1S/C19H26N4O2/c20-11-13-4-3-7-15(13)21-18(24)12-8-9-17-16(10-12)22-19(25)23(17)14-5-1-2-6-14/h8-10,13-15H,1-7,11,20H2,(H,21,24)(H,22,25). The number of hydrogen-bond acceptors (Lipinski definition) is 3. The van der Waals surface area contributed by atoms with E-state index >= 15 is 0 Å². The molecule has 4 rings (SSSR count). The van der Waals surface area contributed by atoms with Crippen molar-refractivity contribution in [1.29, 1.82) is 0 Å². The van der Waals surface area contributed by atoms with Crippen LogP contribution in [-0.2, 0) is 0 Å². The number of fused-ring (bicyclic) bond motifs is 1. The number of carbonyl (C=O) groups is 1. The molecule has 25 heavy (non-hydrogen) atoms. The summed E-state index contributed by atoms with van der Waals surface area (Å²) in [5.74, 6) is 0.289. The molecule has 2 aliphatic rings. The third-order valence-electron chi connectivity index (χ3n) is 5.95. The first-order chi connectivity index (χ1) is 12.2. The summed E-state index contributed by atoms with van der Waals surface area (Å²) in [6, 6.07) is 5.96. The van der Waals surface area contributed by atoms with Crippen molar-refractivity contribution in [3.63, 3.8) is 0 Å². The summed E-state index contributed by atoms with van der Waals surface area (Å²) in [6.07, 6.45) is 7.64. The van der Waals surface area contributed by atoms with E-state index in [9.17, 15) is 9.59 Å². The largest absolute Gasteiger partial charge is 0.349 e. The first kappa shape index (κ1) is 16.4. The Morgan fingerprint density at radius 2 is 2.00 bits per heavy atom. The lowest BCUT2D eigenvalue weighted by Crippen LogP contribution is -2.39. The Morgan fingerprint density at radius 1 is 1.20 bits per heavy atom. The predicted octanol–water partition coefficient (Wildman–Crippen LogP) is 2.30. The fraction of sp³-hybridized carbons (Fsp3) is 0.579. The highest BCUT2D eigenvalue weighted by Gasteiger charge is 2.28. The van der Waals surface area contributed by atoms with E-state index < -0.39 is 0 Å². The van der Waals surface area contributed by atoms with Crippen LogP contribution in [0.4, 0.5) is 0 Å². The van der Waals surface area contributed by atoms with E-state index in [2.05, 4.69) is 10.3 Å². The topological polar surface area (TPSA) is 92.9 Å². The number of amides is 1. The third kappa shape index (κ3) is 2.99. The summed E-state index contributed by atoms with van der Waals surface area (Å²) in [4.78, 5) is 27.9. The molecular weight excluding hydrogens is 316 g/mol. The second-order valence-corrected chi connectivity index (χ2v) is 7.48. The van der Waals surface area contributed by atoms with Gasteiger partial charge in [0.2, 0.25) is 0 Å². The van der Waals surface area contributed by atoms with E-state index in [1.807, 2.05) is 16.7 Å². The van der Waals surface area contributed by atoms with E-state index in [1.54, 1.807) is 6.07 Å².